The molecule has 8 nitrogen and oxygen atoms in total. The maximum Gasteiger partial charge on any atom is 0.410 e. The number of piperazine rings is 1. The Labute approximate surface area is 262 Å². The summed E-state index contributed by atoms with van der Waals surface area (Å²) in [5.74, 6) is 0.683. The summed E-state index contributed by atoms with van der Waals surface area (Å²) >= 11 is 0. The molecule has 1 saturated heterocycles. The van der Waals surface area contributed by atoms with Crippen LogP contribution in [-0.2, 0) is 9.53 Å². The Balaban J connectivity index is 0.00000259. The van der Waals surface area contributed by atoms with Crippen molar-refractivity contribution in [1.29, 1.82) is 0 Å². The summed E-state index contributed by atoms with van der Waals surface area (Å²) in [5, 5.41) is 6.38. The van der Waals surface area contributed by atoms with Gasteiger partial charge in [-0.3, -0.25) is 9.80 Å². The van der Waals surface area contributed by atoms with Crippen LogP contribution >= 0.6 is 0 Å². The summed E-state index contributed by atoms with van der Waals surface area (Å²) in [6.45, 7) is 15.5. The Morgan fingerprint density at radius 2 is 1.27 bits per heavy atom. The van der Waals surface area contributed by atoms with Gasteiger partial charge in [0.25, 0.3) is 0 Å². The van der Waals surface area contributed by atoms with E-state index in [4.69, 9.17) is 9.47 Å². The first kappa shape index (κ1) is 33.9. The van der Waals surface area contributed by atoms with Crippen molar-refractivity contribution in [3.05, 3.63) is 95.4 Å². The smallest absolute Gasteiger partial charge is 0.410 e. The predicted molar refractivity (Wildman–Crippen MR) is 179 cm³/mol. The molecule has 0 aromatic heterocycles. The van der Waals surface area contributed by atoms with Gasteiger partial charge in [0.05, 0.1) is 11.9 Å². The van der Waals surface area contributed by atoms with Crippen LogP contribution < -0.4 is 9.75 Å². The third-order valence-corrected chi connectivity index (χ3v) is 6.86. The Kier molecular flexibility index (Phi) is 12.1. The highest BCUT2D eigenvalue weighted by Crippen LogP contribution is 2.25. The molecule has 0 saturated carbocycles. The molecule has 4 rings (SSSR count). The lowest BCUT2D eigenvalue weighted by Crippen LogP contribution is -2.50. The molecule has 1 fully saturated rings. The second-order valence-electron chi connectivity index (χ2n) is 11.4. The first-order valence-corrected chi connectivity index (χ1v) is 15.1. The molecule has 8 heteroatoms. The molecular weight excluding hydrogens is 552 g/mol. The second-order valence-corrected chi connectivity index (χ2v) is 11.4. The zero-order valence-corrected chi connectivity index (χ0v) is 27.3. The maximum absolute atomic E-state index is 12.6. The summed E-state index contributed by atoms with van der Waals surface area (Å²) in [6, 6.07) is 24.0. The normalized spacial score (nSPS) is 13.9. The summed E-state index contributed by atoms with van der Waals surface area (Å²) in [7, 11) is 1.85. The first-order chi connectivity index (χ1) is 21.0. The van der Waals surface area contributed by atoms with Crippen LogP contribution in [0.3, 0.4) is 0 Å². The van der Waals surface area contributed by atoms with Crippen molar-refractivity contribution >= 4 is 24.3 Å². The molecule has 1 aliphatic rings. The second kappa shape index (κ2) is 15.8. The van der Waals surface area contributed by atoms with Crippen LogP contribution in [-0.4, -0.2) is 67.2 Å². The van der Waals surface area contributed by atoms with Gasteiger partial charge in [-0.2, -0.15) is 5.10 Å². The van der Waals surface area contributed by atoms with Crippen molar-refractivity contribution in [3.63, 3.8) is 0 Å². The number of hydrogen-bond acceptors (Lipinski definition) is 7. The molecular formula is C36H46N4O4. The molecule has 0 radical (unpaired) electrons. The molecule has 0 unspecified atom stereocenters. The minimum absolute atomic E-state index is 0.143. The van der Waals surface area contributed by atoms with Crippen LogP contribution in [0.25, 0.3) is 11.1 Å². The van der Waals surface area contributed by atoms with E-state index in [-0.39, 0.29) is 11.9 Å². The fourth-order valence-electron chi connectivity index (χ4n) is 4.45. The maximum atomic E-state index is 12.6. The van der Waals surface area contributed by atoms with E-state index in [1.807, 2.05) is 102 Å². The molecule has 44 heavy (non-hydrogen) atoms. The number of anilines is 1. The quantitative estimate of drug-likeness (QED) is 0.0881. The van der Waals surface area contributed by atoms with Gasteiger partial charge in [-0.25, -0.2) is 4.79 Å². The van der Waals surface area contributed by atoms with Crippen LogP contribution in [0, 0.1) is 13.8 Å². The third-order valence-electron chi connectivity index (χ3n) is 6.86. The van der Waals surface area contributed by atoms with Gasteiger partial charge in [-0.15, -0.1) is 0 Å². The Morgan fingerprint density at radius 3 is 1.77 bits per heavy atom. The van der Waals surface area contributed by atoms with E-state index < -0.39 is 5.60 Å². The first-order valence-electron chi connectivity index (χ1n) is 15.1. The summed E-state index contributed by atoms with van der Waals surface area (Å²) < 4.78 is 11.7. The summed E-state index contributed by atoms with van der Waals surface area (Å²) in [4.78, 5) is 28.7. The average Bonchev–Trinajstić information content (AvgIpc) is 3.02. The third kappa shape index (κ3) is 9.73. The number of nitrogens with zero attached hydrogens (tertiary/aromatic N) is 4. The van der Waals surface area contributed by atoms with Gasteiger partial charge in [0.15, 0.2) is 12.0 Å². The summed E-state index contributed by atoms with van der Waals surface area (Å²) in [6.07, 6.45) is 2.01. The standard InChI is InChI=1S/C34H40N4O4.C2H6/c1-25-7-11-27(12-8-25)28-13-17-30(18-14-28)41-32(24-39)31(23-35-36(6)29-15-9-26(2)10-16-29)37-19-21-38(22-20-37)33(40)42-34(3,4)5;1-2/h7-18,23-24H,19-22H2,1-6H3;1-2H3/b32-31-,35-23-;. The number of benzene rings is 3. The van der Waals surface area contributed by atoms with E-state index in [2.05, 4.69) is 36.3 Å². The van der Waals surface area contributed by atoms with Crippen molar-refractivity contribution in [2.45, 2.75) is 54.1 Å². The van der Waals surface area contributed by atoms with Gasteiger partial charge < -0.3 is 19.3 Å². The number of hydrazone groups is 1. The zero-order chi connectivity index (χ0) is 32.3. The SMILES string of the molecule is CC.Cc1ccc(-c2ccc(O/C(C=O)=C(/C=N\N(C)c3ccc(C)cc3)N3CCN(C(=O)OC(C)(C)C)CC3)cc2)cc1. The average molecular weight is 599 g/mol. The van der Waals surface area contributed by atoms with Gasteiger partial charge in [-0.1, -0.05) is 73.5 Å². The molecule has 0 bridgehead atoms. The fourth-order valence-corrected chi connectivity index (χ4v) is 4.45. The molecule has 0 aliphatic carbocycles. The largest absolute Gasteiger partial charge is 0.452 e. The van der Waals surface area contributed by atoms with Crippen LogP contribution in [0.15, 0.2) is 89.4 Å². The number of hydrogen-bond donors (Lipinski definition) is 0. The van der Waals surface area contributed by atoms with E-state index in [0.717, 1.165) is 22.4 Å². The van der Waals surface area contributed by atoms with E-state index in [1.54, 1.807) is 16.1 Å². The molecule has 3 aromatic carbocycles. The predicted octanol–water partition coefficient (Wildman–Crippen LogP) is 7.46. The van der Waals surface area contributed by atoms with Gasteiger partial charge in [0.2, 0.25) is 0 Å². The van der Waals surface area contributed by atoms with Crippen molar-refractivity contribution < 1.29 is 19.1 Å². The van der Waals surface area contributed by atoms with Gasteiger partial charge in [0.1, 0.15) is 17.0 Å². The van der Waals surface area contributed by atoms with Crippen LogP contribution in [0.1, 0.15) is 45.7 Å². The Morgan fingerprint density at radius 1 is 0.795 bits per heavy atom. The van der Waals surface area contributed by atoms with E-state index in [0.29, 0.717) is 43.9 Å². The number of amides is 1. The lowest BCUT2D eigenvalue weighted by atomic mass is 10.0. The monoisotopic (exact) mass is 598 g/mol. The number of ether oxygens (including phenoxy) is 2. The lowest BCUT2D eigenvalue weighted by molar-refractivity contribution is -0.106. The van der Waals surface area contributed by atoms with E-state index in [1.165, 1.54) is 5.56 Å². The number of aldehydes is 1. The fraction of sp³-hybridized carbons (Fsp3) is 0.361. The van der Waals surface area contributed by atoms with Gasteiger partial charge in [0, 0.05) is 33.2 Å². The van der Waals surface area contributed by atoms with Crippen molar-refractivity contribution in [2.24, 2.45) is 5.10 Å². The molecule has 3 aromatic rings. The minimum atomic E-state index is -0.569. The molecule has 1 heterocycles. The summed E-state index contributed by atoms with van der Waals surface area (Å²) in [5.41, 5.74) is 5.40. The Hall–Kier alpha value is -4.59. The number of rotatable bonds is 8. The number of aryl methyl sites for hydroxylation is 2. The van der Waals surface area contributed by atoms with Crippen molar-refractivity contribution in [2.75, 3.05) is 38.2 Å². The van der Waals surface area contributed by atoms with Crippen molar-refractivity contribution in [3.8, 4) is 16.9 Å². The topological polar surface area (TPSA) is 74.7 Å². The lowest BCUT2D eigenvalue weighted by Gasteiger charge is -2.37. The van der Waals surface area contributed by atoms with Gasteiger partial charge >= 0.3 is 6.09 Å². The molecule has 0 atom stereocenters. The minimum Gasteiger partial charge on any atom is -0.452 e. The number of carbonyl (C=O) groups is 2. The molecule has 0 spiro atoms. The molecule has 234 valence electrons. The molecule has 0 N–H and O–H groups in total. The molecule has 1 aliphatic heterocycles. The van der Waals surface area contributed by atoms with Crippen LogP contribution in [0.4, 0.5) is 10.5 Å². The highest BCUT2D eigenvalue weighted by molar-refractivity contribution is 5.88. The number of allylic oxidation sites excluding steroid dienone is 2. The number of carbonyl (C=O) groups excluding carboxylic acids is 2. The van der Waals surface area contributed by atoms with Gasteiger partial charge in [-0.05, 0) is 70.0 Å². The van der Waals surface area contributed by atoms with Crippen LogP contribution in [0.2, 0.25) is 0 Å². The highest BCUT2D eigenvalue weighted by atomic mass is 16.6. The van der Waals surface area contributed by atoms with Crippen LogP contribution in [0.5, 0.6) is 5.75 Å². The highest BCUT2D eigenvalue weighted by Gasteiger charge is 2.28. The van der Waals surface area contributed by atoms with E-state index >= 15 is 0 Å². The van der Waals surface area contributed by atoms with E-state index in [9.17, 15) is 9.59 Å². The Bertz CT molecular complexity index is 1410. The van der Waals surface area contributed by atoms with Crippen molar-refractivity contribution in [1.82, 2.24) is 9.80 Å². The molecule has 1 amide bonds. The zero-order valence-electron chi connectivity index (χ0n) is 27.3.